The summed E-state index contributed by atoms with van der Waals surface area (Å²) in [7, 11) is 0. The first-order valence-corrected chi connectivity index (χ1v) is 5.58. The monoisotopic (exact) mass is 286 g/mol. The van der Waals surface area contributed by atoms with Crippen molar-refractivity contribution in [1.82, 2.24) is 15.1 Å². The van der Waals surface area contributed by atoms with E-state index < -0.39 is 28.8 Å². The summed E-state index contributed by atoms with van der Waals surface area (Å²) in [5, 5.41) is 34.5. The minimum absolute atomic E-state index is 0.249. The molecule has 0 aliphatic heterocycles. The van der Waals surface area contributed by atoms with E-state index in [1.165, 1.54) is 13.1 Å². The molecule has 1 amide bonds. The zero-order valence-electron chi connectivity index (χ0n) is 10.6. The quantitative estimate of drug-likeness (QED) is 0.436. The number of carbonyl (C=O) groups excluding carboxylic acids is 1. The number of aromatic nitrogens is 2. The summed E-state index contributed by atoms with van der Waals surface area (Å²) < 4.78 is 1.07. The van der Waals surface area contributed by atoms with Crippen LogP contribution in [0.15, 0.2) is 12.3 Å². The van der Waals surface area contributed by atoms with Crippen LogP contribution < -0.4 is 5.32 Å². The lowest BCUT2D eigenvalue weighted by atomic mass is 10.0. The SMILES string of the molecule is CC(O)(CNC(=O)Cn1ccc([N+](=O)[O-])n1)CC(=O)O. The Morgan fingerprint density at radius 1 is 1.60 bits per heavy atom. The van der Waals surface area contributed by atoms with E-state index in [1.807, 2.05) is 0 Å². The fourth-order valence-electron chi connectivity index (χ4n) is 1.42. The molecule has 0 saturated heterocycles. The first-order valence-electron chi connectivity index (χ1n) is 5.58. The first kappa shape index (κ1) is 15.6. The molecule has 0 aliphatic carbocycles. The maximum Gasteiger partial charge on any atom is 0.389 e. The van der Waals surface area contributed by atoms with Gasteiger partial charge in [-0.25, -0.2) is 0 Å². The van der Waals surface area contributed by atoms with Gasteiger partial charge in [0.25, 0.3) is 0 Å². The van der Waals surface area contributed by atoms with Crippen LogP contribution >= 0.6 is 0 Å². The first-order chi connectivity index (χ1) is 9.19. The summed E-state index contributed by atoms with van der Waals surface area (Å²) in [5.41, 5.74) is -1.57. The van der Waals surface area contributed by atoms with Crippen LogP contribution in [-0.4, -0.2) is 48.9 Å². The number of amides is 1. The third-order valence-electron chi connectivity index (χ3n) is 2.32. The minimum Gasteiger partial charge on any atom is -0.481 e. The number of carboxylic acid groups (broad SMARTS) is 1. The Hall–Kier alpha value is -2.49. The van der Waals surface area contributed by atoms with Gasteiger partial charge in [0.2, 0.25) is 5.91 Å². The summed E-state index contributed by atoms with van der Waals surface area (Å²) in [5.74, 6) is -2.11. The van der Waals surface area contributed by atoms with Crippen LogP contribution in [0.1, 0.15) is 13.3 Å². The van der Waals surface area contributed by atoms with Crippen molar-refractivity contribution in [1.29, 1.82) is 0 Å². The molecule has 110 valence electrons. The minimum atomic E-state index is -1.57. The van der Waals surface area contributed by atoms with E-state index in [4.69, 9.17) is 5.11 Å². The molecule has 1 unspecified atom stereocenters. The third-order valence-corrected chi connectivity index (χ3v) is 2.32. The van der Waals surface area contributed by atoms with Gasteiger partial charge in [-0.1, -0.05) is 0 Å². The molecule has 1 atom stereocenters. The maximum absolute atomic E-state index is 11.5. The molecule has 0 spiro atoms. The Morgan fingerprint density at radius 2 is 2.25 bits per heavy atom. The van der Waals surface area contributed by atoms with Gasteiger partial charge < -0.3 is 25.6 Å². The van der Waals surface area contributed by atoms with Gasteiger partial charge in [0.1, 0.15) is 6.54 Å². The van der Waals surface area contributed by atoms with Crippen LogP contribution in [0.4, 0.5) is 5.82 Å². The number of aliphatic hydroxyl groups is 1. The van der Waals surface area contributed by atoms with E-state index in [-0.39, 0.29) is 18.9 Å². The number of carbonyl (C=O) groups is 2. The fourth-order valence-corrected chi connectivity index (χ4v) is 1.42. The number of hydrogen-bond donors (Lipinski definition) is 3. The third kappa shape index (κ3) is 5.02. The molecule has 1 aromatic rings. The molecule has 0 aliphatic rings. The van der Waals surface area contributed by atoms with Crippen LogP contribution in [0.2, 0.25) is 0 Å². The number of nitro groups is 1. The normalized spacial score (nSPS) is 13.5. The summed E-state index contributed by atoms with van der Waals surface area (Å²) >= 11 is 0. The highest BCUT2D eigenvalue weighted by Gasteiger charge is 2.25. The van der Waals surface area contributed by atoms with Gasteiger partial charge in [0.15, 0.2) is 0 Å². The number of nitrogens with one attached hydrogen (secondary N) is 1. The molecular weight excluding hydrogens is 272 g/mol. The van der Waals surface area contributed by atoms with Crippen molar-refractivity contribution in [2.45, 2.75) is 25.5 Å². The predicted octanol–water partition coefficient (Wildman–Crippen LogP) is -0.867. The molecular formula is C10H14N4O6. The Bertz CT molecular complexity index is 524. The predicted molar refractivity (Wildman–Crippen MR) is 64.8 cm³/mol. The number of aliphatic carboxylic acids is 1. The van der Waals surface area contributed by atoms with Gasteiger partial charge in [0, 0.05) is 6.54 Å². The molecule has 20 heavy (non-hydrogen) atoms. The van der Waals surface area contributed by atoms with Gasteiger partial charge in [-0.15, -0.1) is 0 Å². The average Bonchev–Trinajstić information content (AvgIpc) is 2.73. The standard InChI is InChI=1S/C10H14N4O6/c1-10(18,4-9(16)17)6-11-8(15)5-13-3-2-7(12-13)14(19)20/h2-3,18H,4-6H2,1H3,(H,11,15)(H,16,17). The smallest absolute Gasteiger partial charge is 0.389 e. The van der Waals surface area contributed by atoms with E-state index >= 15 is 0 Å². The van der Waals surface area contributed by atoms with Gasteiger partial charge in [-0.3, -0.25) is 9.59 Å². The fraction of sp³-hybridized carbons (Fsp3) is 0.500. The largest absolute Gasteiger partial charge is 0.481 e. The van der Waals surface area contributed by atoms with Crippen LogP contribution in [0.5, 0.6) is 0 Å². The van der Waals surface area contributed by atoms with Crippen molar-refractivity contribution in [3.8, 4) is 0 Å². The molecule has 1 aromatic heterocycles. The number of nitrogens with zero attached hydrogens (tertiary/aromatic N) is 3. The van der Waals surface area contributed by atoms with Gasteiger partial charge in [-0.05, 0) is 11.8 Å². The second kappa shape index (κ2) is 6.10. The molecule has 0 bridgehead atoms. The van der Waals surface area contributed by atoms with E-state index in [1.54, 1.807) is 0 Å². The summed E-state index contributed by atoms with van der Waals surface area (Å²) in [6.45, 7) is 0.763. The number of hydrogen-bond acceptors (Lipinski definition) is 6. The van der Waals surface area contributed by atoms with Crippen molar-refractivity contribution in [2.24, 2.45) is 0 Å². The Labute approximate surface area is 113 Å². The second-order valence-corrected chi connectivity index (χ2v) is 4.47. The highest BCUT2D eigenvalue weighted by atomic mass is 16.6. The van der Waals surface area contributed by atoms with Crippen LogP contribution in [0.3, 0.4) is 0 Å². The average molecular weight is 286 g/mol. The van der Waals surface area contributed by atoms with E-state index in [0.29, 0.717) is 0 Å². The molecule has 0 aromatic carbocycles. The van der Waals surface area contributed by atoms with E-state index in [9.17, 15) is 24.8 Å². The maximum atomic E-state index is 11.5. The molecule has 1 rings (SSSR count). The summed E-state index contributed by atoms with van der Waals surface area (Å²) in [6.07, 6.45) is 0.758. The second-order valence-electron chi connectivity index (χ2n) is 4.47. The van der Waals surface area contributed by atoms with Crippen molar-refractivity contribution in [3.63, 3.8) is 0 Å². The topological polar surface area (TPSA) is 148 Å². The van der Waals surface area contributed by atoms with Crippen LogP contribution in [0, 0.1) is 10.1 Å². The van der Waals surface area contributed by atoms with Gasteiger partial charge >= 0.3 is 11.8 Å². The zero-order valence-corrected chi connectivity index (χ0v) is 10.6. The van der Waals surface area contributed by atoms with Crippen molar-refractivity contribution in [3.05, 3.63) is 22.4 Å². The Kier molecular flexibility index (Phi) is 4.75. The zero-order chi connectivity index (χ0) is 15.3. The Balaban J connectivity index is 2.47. The molecule has 10 nitrogen and oxygen atoms in total. The lowest BCUT2D eigenvalue weighted by Gasteiger charge is -2.21. The molecule has 10 heteroatoms. The lowest BCUT2D eigenvalue weighted by molar-refractivity contribution is -0.389. The van der Waals surface area contributed by atoms with E-state index in [2.05, 4.69) is 10.4 Å². The molecule has 3 N–H and O–H groups in total. The summed E-state index contributed by atoms with van der Waals surface area (Å²) in [4.78, 5) is 31.7. The number of carboxylic acids is 1. The number of rotatable bonds is 7. The van der Waals surface area contributed by atoms with Gasteiger partial charge in [-0.2, -0.15) is 4.68 Å². The highest BCUT2D eigenvalue weighted by Crippen LogP contribution is 2.08. The molecule has 0 fully saturated rings. The van der Waals surface area contributed by atoms with Crippen molar-refractivity contribution < 1.29 is 24.7 Å². The summed E-state index contributed by atoms with van der Waals surface area (Å²) in [6, 6.07) is 1.15. The molecule has 1 heterocycles. The van der Waals surface area contributed by atoms with Gasteiger partial charge in [0.05, 0.1) is 29.4 Å². The van der Waals surface area contributed by atoms with Crippen molar-refractivity contribution >= 4 is 17.7 Å². The molecule has 0 radical (unpaired) electrons. The van der Waals surface area contributed by atoms with Crippen molar-refractivity contribution in [2.75, 3.05) is 6.54 Å². The highest BCUT2D eigenvalue weighted by molar-refractivity contribution is 5.76. The van der Waals surface area contributed by atoms with E-state index in [0.717, 1.165) is 10.7 Å². The lowest BCUT2D eigenvalue weighted by Crippen LogP contribution is -2.43. The Morgan fingerprint density at radius 3 is 2.75 bits per heavy atom. The van der Waals surface area contributed by atoms with Crippen LogP contribution in [0.25, 0.3) is 0 Å². The molecule has 0 saturated carbocycles. The van der Waals surface area contributed by atoms with Crippen LogP contribution in [-0.2, 0) is 16.1 Å².